The third-order valence-corrected chi connectivity index (χ3v) is 3.70. The number of nitrogens with one attached hydrogen (secondary N) is 1. The summed E-state index contributed by atoms with van der Waals surface area (Å²) in [4.78, 5) is 11.8. The van der Waals surface area contributed by atoms with E-state index in [0.717, 1.165) is 13.0 Å². The smallest absolute Gasteiger partial charge is 0.344 e. The van der Waals surface area contributed by atoms with E-state index in [0.29, 0.717) is 17.2 Å². The van der Waals surface area contributed by atoms with E-state index < -0.39 is 5.97 Å². The van der Waals surface area contributed by atoms with Crippen LogP contribution in [0.15, 0.2) is 0 Å². The highest BCUT2D eigenvalue weighted by molar-refractivity contribution is 7.11. The molecule has 1 aromatic heterocycles. The molecule has 0 radical (unpaired) electrons. The Hall–Kier alpha value is -1.30. The van der Waals surface area contributed by atoms with Crippen LogP contribution in [0.1, 0.15) is 44.5 Å². The van der Waals surface area contributed by atoms with Crippen LogP contribution < -0.4 is 11.1 Å². The number of rotatable bonds is 6. The van der Waals surface area contributed by atoms with Gasteiger partial charge in [0.2, 0.25) is 0 Å². The number of carbonyl (C=O) groups is 1. The fraction of sp³-hybridized carbons (Fsp3) is 0.667. The van der Waals surface area contributed by atoms with E-state index in [-0.39, 0.29) is 11.2 Å². The first-order valence-electron chi connectivity index (χ1n) is 6.07. The Morgan fingerprint density at radius 1 is 1.50 bits per heavy atom. The van der Waals surface area contributed by atoms with E-state index in [1.165, 1.54) is 11.5 Å². The molecular formula is C12H21N3O2S. The van der Waals surface area contributed by atoms with Crippen molar-refractivity contribution in [2.75, 3.05) is 24.2 Å². The molecule has 0 bridgehead atoms. The van der Waals surface area contributed by atoms with Gasteiger partial charge in [0.25, 0.3) is 0 Å². The molecule has 0 amide bonds. The summed E-state index contributed by atoms with van der Waals surface area (Å²) in [6, 6.07) is 0. The van der Waals surface area contributed by atoms with Crippen LogP contribution >= 0.6 is 11.5 Å². The molecule has 102 valence electrons. The highest BCUT2D eigenvalue weighted by atomic mass is 32.1. The van der Waals surface area contributed by atoms with Crippen molar-refractivity contribution < 1.29 is 9.53 Å². The van der Waals surface area contributed by atoms with E-state index in [9.17, 15) is 4.79 Å². The van der Waals surface area contributed by atoms with Gasteiger partial charge < -0.3 is 15.8 Å². The predicted octanol–water partition coefficient (Wildman–Crippen LogP) is 2.75. The lowest BCUT2D eigenvalue weighted by Crippen LogP contribution is -2.22. The van der Waals surface area contributed by atoms with Gasteiger partial charge in [-0.3, -0.25) is 0 Å². The van der Waals surface area contributed by atoms with E-state index in [1.54, 1.807) is 6.92 Å². The Balaban J connectivity index is 2.81. The van der Waals surface area contributed by atoms with Crippen LogP contribution in [0.5, 0.6) is 0 Å². The van der Waals surface area contributed by atoms with Gasteiger partial charge in [0.1, 0.15) is 10.6 Å². The van der Waals surface area contributed by atoms with Crippen molar-refractivity contribution in [3.05, 3.63) is 5.56 Å². The fourth-order valence-electron chi connectivity index (χ4n) is 1.27. The molecule has 1 aromatic rings. The summed E-state index contributed by atoms with van der Waals surface area (Å²) in [5.41, 5.74) is 6.22. The third-order valence-electron chi connectivity index (χ3n) is 2.88. The molecule has 5 nitrogen and oxygen atoms in total. The first-order chi connectivity index (χ1) is 8.41. The molecule has 0 aromatic carbocycles. The maximum atomic E-state index is 11.8. The van der Waals surface area contributed by atoms with Gasteiger partial charge in [-0.25, -0.2) is 4.79 Å². The maximum absolute atomic E-state index is 11.8. The number of aromatic nitrogens is 1. The Labute approximate surface area is 112 Å². The minimum absolute atomic E-state index is 0.157. The van der Waals surface area contributed by atoms with Crippen molar-refractivity contribution in [2.45, 2.75) is 34.1 Å². The summed E-state index contributed by atoms with van der Waals surface area (Å²) in [7, 11) is 0. The molecule has 1 heterocycles. The van der Waals surface area contributed by atoms with Gasteiger partial charge in [0.15, 0.2) is 5.82 Å². The number of hydrogen-bond acceptors (Lipinski definition) is 6. The van der Waals surface area contributed by atoms with Gasteiger partial charge in [-0.2, -0.15) is 4.37 Å². The topological polar surface area (TPSA) is 77.2 Å². The Morgan fingerprint density at radius 2 is 2.17 bits per heavy atom. The molecule has 6 heteroatoms. The second-order valence-electron chi connectivity index (χ2n) is 4.86. The number of esters is 1. The van der Waals surface area contributed by atoms with Gasteiger partial charge >= 0.3 is 5.97 Å². The number of nitrogen functional groups attached to an aromatic ring is 1. The summed E-state index contributed by atoms with van der Waals surface area (Å²) >= 11 is 1.19. The fourth-order valence-corrected chi connectivity index (χ4v) is 1.97. The molecule has 0 aliphatic carbocycles. The zero-order valence-corrected chi connectivity index (χ0v) is 12.2. The normalized spacial score (nSPS) is 11.3. The van der Waals surface area contributed by atoms with Crippen molar-refractivity contribution in [2.24, 2.45) is 5.41 Å². The molecule has 0 aliphatic rings. The molecule has 0 unspecified atom stereocenters. The number of hydrogen-bond donors (Lipinski definition) is 2. The molecule has 0 saturated carbocycles. The molecular weight excluding hydrogens is 250 g/mol. The van der Waals surface area contributed by atoms with Crippen molar-refractivity contribution in [3.8, 4) is 0 Å². The zero-order chi connectivity index (χ0) is 13.8. The molecule has 1 rings (SSSR count). The lowest BCUT2D eigenvalue weighted by atomic mass is 9.90. The van der Waals surface area contributed by atoms with E-state index >= 15 is 0 Å². The molecule has 0 aliphatic heterocycles. The minimum atomic E-state index is -0.416. The van der Waals surface area contributed by atoms with Crippen molar-refractivity contribution in [3.63, 3.8) is 0 Å². The molecule has 0 atom stereocenters. The van der Waals surface area contributed by atoms with Crippen LogP contribution in [0.25, 0.3) is 0 Å². The summed E-state index contributed by atoms with van der Waals surface area (Å²) < 4.78 is 8.98. The first-order valence-corrected chi connectivity index (χ1v) is 6.84. The largest absolute Gasteiger partial charge is 0.462 e. The van der Waals surface area contributed by atoms with Crippen molar-refractivity contribution in [1.82, 2.24) is 4.37 Å². The molecule has 0 fully saturated rings. The Morgan fingerprint density at radius 3 is 2.72 bits per heavy atom. The van der Waals surface area contributed by atoms with Gasteiger partial charge in [-0.15, -0.1) is 0 Å². The van der Waals surface area contributed by atoms with Gasteiger partial charge in [-0.05, 0) is 30.3 Å². The standard InChI is InChI=1S/C12H21N3O2S/c1-5-12(3,4)7-14-10-8(9(13)15-18-10)11(16)17-6-2/h14H,5-7H2,1-4H3,(H2,13,15). The van der Waals surface area contributed by atoms with Crippen LogP contribution in [0.3, 0.4) is 0 Å². The number of carbonyl (C=O) groups excluding carboxylic acids is 1. The third kappa shape index (κ3) is 3.60. The number of nitrogens with zero attached hydrogens (tertiary/aromatic N) is 1. The molecule has 0 spiro atoms. The lowest BCUT2D eigenvalue weighted by Gasteiger charge is -2.23. The first kappa shape index (κ1) is 14.8. The SMILES string of the molecule is CCOC(=O)c1c(N)nsc1NCC(C)(C)CC. The lowest BCUT2D eigenvalue weighted by molar-refractivity contribution is 0.0529. The molecule has 18 heavy (non-hydrogen) atoms. The monoisotopic (exact) mass is 271 g/mol. The van der Waals surface area contributed by atoms with E-state index in [2.05, 4.69) is 30.5 Å². The Bertz CT molecular complexity index is 415. The number of nitrogens with two attached hydrogens (primary N) is 1. The maximum Gasteiger partial charge on any atom is 0.344 e. The van der Waals surface area contributed by atoms with E-state index in [4.69, 9.17) is 10.5 Å². The van der Waals surface area contributed by atoms with Crippen LogP contribution in [-0.2, 0) is 4.74 Å². The second-order valence-corrected chi connectivity index (χ2v) is 5.64. The predicted molar refractivity (Wildman–Crippen MR) is 75.0 cm³/mol. The Kier molecular flexibility index (Phi) is 4.95. The van der Waals surface area contributed by atoms with Crippen LogP contribution in [0.2, 0.25) is 0 Å². The van der Waals surface area contributed by atoms with Crippen molar-refractivity contribution >= 4 is 28.3 Å². The van der Waals surface area contributed by atoms with Gasteiger partial charge in [-0.1, -0.05) is 20.8 Å². The van der Waals surface area contributed by atoms with Crippen LogP contribution in [0, 0.1) is 5.41 Å². The minimum Gasteiger partial charge on any atom is -0.462 e. The molecule has 3 N–H and O–H groups in total. The zero-order valence-electron chi connectivity index (χ0n) is 11.4. The second kappa shape index (κ2) is 6.04. The van der Waals surface area contributed by atoms with Crippen LogP contribution in [-0.4, -0.2) is 23.5 Å². The van der Waals surface area contributed by atoms with Gasteiger partial charge in [0.05, 0.1) is 6.61 Å². The molecule has 0 saturated heterocycles. The summed E-state index contributed by atoms with van der Waals surface area (Å²) in [6.07, 6.45) is 1.04. The van der Waals surface area contributed by atoms with Crippen LogP contribution in [0.4, 0.5) is 10.8 Å². The highest BCUT2D eigenvalue weighted by Gasteiger charge is 2.22. The quantitative estimate of drug-likeness (QED) is 0.778. The average Bonchev–Trinajstić information content (AvgIpc) is 2.68. The van der Waals surface area contributed by atoms with Crippen molar-refractivity contribution in [1.29, 1.82) is 0 Å². The van der Waals surface area contributed by atoms with Gasteiger partial charge in [0, 0.05) is 6.54 Å². The summed E-state index contributed by atoms with van der Waals surface area (Å²) in [6.45, 7) is 9.31. The number of ether oxygens (including phenoxy) is 1. The summed E-state index contributed by atoms with van der Waals surface area (Å²) in [5, 5.41) is 3.93. The average molecular weight is 271 g/mol. The van der Waals surface area contributed by atoms with E-state index in [1.807, 2.05) is 0 Å². The number of anilines is 2. The highest BCUT2D eigenvalue weighted by Crippen LogP contribution is 2.29. The summed E-state index contributed by atoms with van der Waals surface area (Å²) in [5.74, 6) is -0.184.